The molecule has 0 N–H and O–H groups in total. The van der Waals surface area contributed by atoms with E-state index in [1.165, 1.54) is 6.07 Å². The fraction of sp³-hybridized carbons (Fsp3) is 0. The molecule has 0 amide bonds. The number of rotatable bonds is 2. The number of non-ortho nitro benzene ring substituents is 1. The Balaban J connectivity index is 2.20. The molecular weight excluding hydrogens is 230 g/mol. The fourth-order valence-corrected chi connectivity index (χ4v) is 1.94. The van der Waals surface area contributed by atoms with Crippen LogP contribution in [0.15, 0.2) is 54.9 Å². The van der Waals surface area contributed by atoms with Crippen molar-refractivity contribution in [3.63, 3.8) is 0 Å². The van der Waals surface area contributed by atoms with Crippen LogP contribution in [0.4, 0.5) is 5.69 Å². The molecule has 0 spiro atoms. The molecule has 5 nitrogen and oxygen atoms in total. The van der Waals surface area contributed by atoms with Crippen LogP contribution in [0.3, 0.4) is 0 Å². The quantitative estimate of drug-likeness (QED) is 0.510. The third-order valence-electron chi connectivity index (χ3n) is 2.79. The van der Waals surface area contributed by atoms with Crippen molar-refractivity contribution in [1.29, 1.82) is 0 Å². The third kappa shape index (κ3) is 1.62. The van der Waals surface area contributed by atoms with Gasteiger partial charge in [0.1, 0.15) is 0 Å². The van der Waals surface area contributed by atoms with Crippen molar-refractivity contribution in [2.45, 2.75) is 0 Å². The molecule has 0 unspecified atom stereocenters. The minimum absolute atomic E-state index is 0.0859. The molecular formula is C13H9N3O2. The maximum atomic E-state index is 10.8. The van der Waals surface area contributed by atoms with E-state index in [0.717, 1.165) is 16.6 Å². The van der Waals surface area contributed by atoms with Gasteiger partial charge in [0, 0.05) is 23.9 Å². The molecule has 0 atom stereocenters. The van der Waals surface area contributed by atoms with Crippen LogP contribution in [0.5, 0.6) is 0 Å². The topological polar surface area (TPSA) is 60.4 Å². The summed E-state index contributed by atoms with van der Waals surface area (Å²) in [5.74, 6) is 0. The summed E-state index contributed by atoms with van der Waals surface area (Å²) in [6, 6.07) is 12.3. The number of nitrogens with zero attached hydrogens (tertiary/aromatic N) is 3. The molecule has 0 fully saturated rings. The van der Waals surface area contributed by atoms with E-state index in [-0.39, 0.29) is 5.69 Å². The van der Waals surface area contributed by atoms with E-state index in [1.807, 2.05) is 30.5 Å². The predicted octanol–water partition coefficient (Wildman–Crippen LogP) is 2.91. The Morgan fingerprint density at radius 2 is 2.06 bits per heavy atom. The zero-order valence-corrected chi connectivity index (χ0v) is 9.35. The number of nitro groups is 1. The standard InChI is InChI=1S/C13H9N3O2/c17-16(18)11-5-3-4-10(8-11)12-9-14-15-7-2-1-6-13(12)15/h1-9H. The molecule has 18 heavy (non-hydrogen) atoms. The van der Waals surface area contributed by atoms with Crippen LogP contribution in [0.1, 0.15) is 0 Å². The minimum Gasteiger partial charge on any atom is -0.258 e. The first kappa shape index (κ1) is 10.5. The number of aromatic nitrogens is 2. The van der Waals surface area contributed by atoms with Gasteiger partial charge in [-0.15, -0.1) is 0 Å². The zero-order chi connectivity index (χ0) is 12.5. The predicted molar refractivity (Wildman–Crippen MR) is 67.3 cm³/mol. The summed E-state index contributed by atoms with van der Waals surface area (Å²) in [5, 5.41) is 15.0. The molecule has 2 aromatic heterocycles. The van der Waals surface area contributed by atoms with Crippen LogP contribution < -0.4 is 0 Å². The highest BCUT2D eigenvalue weighted by Crippen LogP contribution is 2.27. The van der Waals surface area contributed by atoms with E-state index in [2.05, 4.69) is 5.10 Å². The first-order chi connectivity index (χ1) is 8.75. The molecule has 1 aromatic carbocycles. The molecule has 0 bridgehead atoms. The zero-order valence-electron chi connectivity index (χ0n) is 9.35. The molecule has 3 rings (SSSR count). The lowest BCUT2D eigenvalue weighted by Gasteiger charge is -1.99. The maximum Gasteiger partial charge on any atom is 0.270 e. The average molecular weight is 239 g/mol. The second-order valence-electron chi connectivity index (χ2n) is 3.90. The lowest BCUT2D eigenvalue weighted by atomic mass is 10.1. The normalized spacial score (nSPS) is 10.7. The second-order valence-corrected chi connectivity index (χ2v) is 3.90. The van der Waals surface area contributed by atoms with Gasteiger partial charge in [0.25, 0.3) is 5.69 Å². The van der Waals surface area contributed by atoms with Gasteiger partial charge in [0.2, 0.25) is 0 Å². The molecule has 5 heteroatoms. The Labute approximate surface area is 102 Å². The van der Waals surface area contributed by atoms with Crippen molar-refractivity contribution in [2.75, 3.05) is 0 Å². The molecule has 0 saturated carbocycles. The first-order valence-corrected chi connectivity index (χ1v) is 5.43. The van der Waals surface area contributed by atoms with Crippen LogP contribution in [-0.2, 0) is 0 Å². The Morgan fingerprint density at radius 3 is 2.89 bits per heavy atom. The van der Waals surface area contributed by atoms with Gasteiger partial charge in [-0.05, 0) is 17.7 Å². The maximum absolute atomic E-state index is 10.8. The number of hydrogen-bond acceptors (Lipinski definition) is 3. The van der Waals surface area contributed by atoms with Crippen molar-refractivity contribution < 1.29 is 4.92 Å². The van der Waals surface area contributed by atoms with Crippen LogP contribution >= 0.6 is 0 Å². The van der Waals surface area contributed by atoms with E-state index in [4.69, 9.17) is 0 Å². The smallest absolute Gasteiger partial charge is 0.258 e. The first-order valence-electron chi connectivity index (χ1n) is 5.43. The molecule has 2 heterocycles. The largest absolute Gasteiger partial charge is 0.270 e. The molecule has 0 radical (unpaired) electrons. The Hall–Kier alpha value is -2.69. The highest BCUT2D eigenvalue weighted by molar-refractivity contribution is 5.80. The number of pyridine rings is 1. The van der Waals surface area contributed by atoms with Gasteiger partial charge in [-0.3, -0.25) is 10.1 Å². The van der Waals surface area contributed by atoms with Gasteiger partial charge in [-0.25, -0.2) is 4.52 Å². The number of nitro benzene ring substituents is 1. The van der Waals surface area contributed by atoms with Gasteiger partial charge in [-0.2, -0.15) is 5.10 Å². The minimum atomic E-state index is -0.394. The summed E-state index contributed by atoms with van der Waals surface area (Å²) in [6.07, 6.45) is 3.56. The van der Waals surface area contributed by atoms with Gasteiger partial charge < -0.3 is 0 Å². The average Bonchev–Trinajstić information content (AvgIpc) is 2.82. The highest BCUT2D eigenvalue weighted by atomic mass is 16.6. The SMILES string of the molecule is O=[N+]([O-])c1cccc(-c2cnn3ccccc23)c1. The van der Waals surface area contributed by atoms with E-state index in [1.54, 1.807) is 22.8 Å². The molecule has 88 valence electrons. The van der Waals surface area contributed by atoms with Gasteiger partial charge in [0.05, 0.1) is 16.6 Å². The number of hydrogen-bond donors (Lipinski definition) is 0. The lowest BCUT2D eigenvalue weighted by Crippen LogP contribution is -1.88. The van der Waals surface area contributed by atoms with Crippen molar-refractivity contribution in [3.05, 3.63) is 65.0 Å². The summed E-state index contributed by atoms with van der Waals surface area (Å²) in [5.41, 5.74) is 2.70. The van der Waals surface area contributed by atoms with Crippen LogP contribution in [-0.4, -0.2) is 14.5 Å². The summed E-state index contributed by atoms with van der Waals surface area (Å²) in [7, 11) is 0. The van der Waals surface area contributed by atoms with Gasteiger partial charge in [-0.1, -0.05) is 18.2 Å². The molecule has 0 saturated heterocycles. The van der Waals surface area contributed by atoms with E-state index in [9.17, 15) is 10.1 Å². The highest BCUT2D eigenvalue weighted by Gasteiger charge is 2.10. The van der Waals surface area contributed by atoms with Gasteiger partial charge in [0.15, 0.2) is 0 Å². The summed E-state index contributed by atoms with van der Waals surface area (Å²) in [4.78, 5) is 10.4. The number of benzene rings is 1. The van der Waals surface area contributed by atoms with Gasteiger partial charge >= 0.3 is 0 Å². The van der Waals surface area contributed by atoms with Crippen molar-refractivity contribution in [2.24, 2.45) is 0 Å². The van der Waals surface area contributed by atoms with Crippen molar-refractivity contribution in [1.82, 2.24) is 9.61 Å². The monoisotopic (exact) mass is 239 g/mol. The summed E-state index contributed by atoms with van der Waals surface area (Å²) < 4.78 is 1.74. The van der Waals surface area contributed by atoms with Crippen LogP contribution in [0.25, 0.3) is 16.6 Å². The molecule has 3 aromatic rings. The second kappa shape index (κ2) is 3.96. The number of fused-ring (bicyclic) bond motifs is 1. The van der Waals surface area contributed by atoms with Crippen LogP contribution in [0.2, 0.25) is 0 Å². The fourth-order valence-electron chi connectivity index (χ4n) is 1.94. The third-order valence-corrected chi connectivity index (χ3v) is 2.79. The molecule has 0 aliphatic heterocycles. The van der Waals surface area contributed by atoms with E-state index in [0.29, 0.717) is 0 Å². The Morgan fingerprint density at radius 1 is 1.17 bits per heavy atom. The molecule has 0 aliphatic carbocycles. The Kier molecular flexibility index (Phi) is 2.30. The van der Waals surface area contributed by atoms with Crippen molar-refractivity contribution >= 4 is 11.2 Å². The Bertz CT molecular complexity index is 734. The summed E-state index contributed by atoms with van der Waals surface area (Å²) in [6.45, 7) is 0. The van der Waals surface area contributed by atoms with Crippen LogP contribution in [0, 0.1) is 10.1 Å². The summed E-state index contributed by atoms with van der Waals surface area (Å²) >= 11 is 0. The molecule has 0 aliphatic rings. The van der Waals surface area contributed by atoms with E-state index >= 15 is 0 Å². The van der Waals surface area contributed by atoms with Crippen molar-refractivity contribution in [3.8, 4) is 11.1 Å². The van der Waals surface area contributed by atoms with E-state index < -0.39 is 4.92 Å². The lowest BCUT2D eigenvalue weighted by molar-refractivity contribution is -0.384.